The predicted molar refractivity (Wildman–Crippen MR) is 66.5 cm³/mol. The minimum absolute atomic E-state index is 0.131. The number of thiophene rings is 1. The van der Waals surface area contributed by atoms with E-state index in [9.17, 15) is 8.42 Å². The maximum absolute atomic E-state index is 11.8. The van der Waals surface area contributed by atoms with Gasteiger partial charge in [-0.15, -0.1) is 22.9 Å². The molecule has 0 radical (unpaired) electrons. The first kappa shape index (κ1) is 12.4. The van der Waals surface area contributed by atoms with Gasteiger partial charge in [0.1, 0.15) is 4.21 Å². The molecule has 1 heterocycles. The van der Waals surface area contributed by atoms with E-state index in [0.717, 1.165) is 19.3 Å². The fourth-order valence-electron chi connectivity index (χ4n) is 1.63. The van der Waals surface area contributed by atoms with Crippen LogP contribution in [0, 0.1) is 5.41 Å². The molecule has 2 rings (SSSR count). The zero-order chi connectivity index (χ0) is 11.6. The molecule has 1 aromatic rings. The van der Waals surface area contributed by atoms with Crippen molar-refractivity contribution in [3.8, 4) is 0 Å². The van der Waals surface area contributed by atoms with Gasteiger partial charge in [-0.1, -0.05) is 6.07 Å². The van der Waals surface area contributed by atoms with E-state index in [4.69, 9.17) is 11.6 Å². The number of hydrogen-bond donors (Lipinski definition) is 1. The van der Waals surface area contributed by atoms with Crippen molar-refractivity contribution in [1.29, 1.82) is 0 Å². The van der Waals surface area contributed by atoms with Crippen molar-refractivity contribution in [3.05, 3.63) is 17.5 Å². The second-order valence-corrected chi connectivity index (χ2v) is 7.52. The van der Waals surface area contributed by atoms with Crippen molar-refractivity contribution in [1.82, 2.24) is 4.72 Å². The summed E-state index contributed by atoms with van der Waals surface area (Å²) in [5, 5.41) is 1.76. The third-order valence-electron chi connectivity index (χ3n) is 2.98. The molecule has 6 heteroatoms. The summed E-state index contributed by atoms with van der Waals surface area (Å²) < 4.78 is 26.7. The van der Waals surface area contributed by atoms with E-state index >= 15 is 0 Å². The minimum atomic E-state index is -3.30. The van der Waals surface area contributed by atoms with Crippen molar-refractivity contribution in [2.24, 2.45) is 5.41 Å². The van der Waals surface area contributed by atoms with Crippen molar-refractivity contribution in [2.45, 2.75) is 23.5 Å². The summed E-state index contributed by atoms with van der Waals surface area (Å²) in [6.07, 6.45) is 3.04. The van der Waals surface area contributed by atoms with Crippen LogP contribution in [0.15, 0.2) is 21.7 Å². The maximum atomic E-state index is 11.8. The molecule has 1 aliphatic carbocycles. The molecule has 0 amide bonds. The predicted octanol–water partition coefficient (Wildman–Crippen LogP) is 2.44. The van der Waals surface area contributed by atoms with E-state index < -0.39 is 10.0 Å². The first-order valence-corrected chi connectivity index (χ1v) is 8.07. The second kappa shape index (κ2) is 4.64. The Hall–Kier alpha value is -0.100. The molecular formula is C10H14ClNO2S2. The normalized spacial score (nSPS) is 18.6. The molecule has 3 nitrogen and oxygen atoms in total. The molecule has 1 N–H and O–H groups in total. The third-order valence-corrected chi connectivity index (χ3v) is 5.97. The quantitative estimate of drug-likeness (QED) is 0.813. The first-order chi connectivity index (χ1) is 7.58. The molecule has 0 atom stereocenters. The SMILES string of the molecule is O=S(=O)(NCC1(CCCl)CC1)c1cccs1. The number of hydrogen-bond acceptors (Lipinski definition) is 3. The van der Waals surface area contributed by atoms with Crippen LogP contribution in [0.3, 0.4) is 0 Å². The van der Waals surface area contributed by atoms with Gasteiger partial charge >= 0.3 is 0 Å². The first-order valence-electron chi connectivity index (χ1n) is 5.17. The van der Waals surface area contributed by atoms with Crippen LogP contribution in [-0.4, -0.2) is 20.8 Å². The van der Waals surface area contributed by atoms with Crippen LogP contribution < -0.4 is 4.72 Å². The molecule has 16 heavy (non-hydrogen) atoms. The average molecular weight is 280 g/mol. The Balaban J connectivity index is 1.96. The lowest BCUT2D eigenvalue weighted by Crippen LogP contribution is -2.30. The fourth-order valence-corrected chi connectivity index (χ4v) is 4.22. The highest BCUT2D eigenvalue weighted by Gasteiger charge is 2.42. The zero-order valence-electron chi connectivity index (χ0n) is 8.78. The standard InChI is InChI=1S/C10H14ClNO2S2/c11-6-5-10(3-4-10)8-12-16(13,14)9-2-1-7-15-9/h1-2,7,12H,3-6,8H2. The number of nitrogens with one attached hydrogen (secondary N) is 1. The van der Waals surface area contributed by atoms with E-state index in [1.54, 1.807) is 17.5 Å². The van der Waals surface area contributed by atoms with Crippen molar-refractivity contribution in [2.75, 3.05) is 12.4 Å². The highest BCUT2D eigenvalue weighted by atomic mass is 35.5. The van der Waals surface area contributed by atoms with Crippen molar-refractivity contribution in [3.63, 3.8) is 0 Å². The molecule has 0 bridgehead atoms. The Bertz CT molecular complexity index is 437. The molecule has 0 spiro atoms. The van der Waals surface area contributed by atoms with E-state index in [-0.39, 0.29) is 5.41 Å². The molecule has 0 unspecified atom stereocenters. The van der Waals surface area contributed by atoms with Crippen LogP contribution in [-0.2, 0) is 10.0 Å². The number of rotatable bonds is 6. The largest absolute Gasteiger partial charge is 0.250 e. The van der Waals surface area contributed by atoms with Crippen LogP contribution in [0.2, 0.25) is 0 Å². The fraction of sp³-hybridized carbons (Fsp3) is 0.600. The van der Waals surface area contributed by atoms with Gasteiger partial charge in [-0.3, -0.25) is 0 Å². The van der Waals surface area contributed by atoms with Crippen LogP contribution >= 0.6 is 22.9 Å². The van der Waals surface area contributed by atoms with Crippen molar-refractivity contribution < 1.29 is 8.42 Å². The number of halogens is 1. The number of alkyl halides is 1. The van der Waals surface area contributed by atoms with Gasteiger partial charge in [-0.25, -0.2) is 13.1 Å². The van der Waals surface area contributed by atoms with Crippen LogP contribution in [0.1, 0.15) is 19.3 Å². The maximum Gasteiger partial charge on any atom is 0.250 e. The molecule has 90 valence electrons. The highest BCUT2D eigenvalue weighted by Crippen LogP contribution is 2.48. The summed E-state index contributed by atoms with van der Waals surface area (Å²) in [6.45, 7) is 0.514. The Kier molecular flexibility index (Phi) is 3.59. The zero-order valence-corrected chi connectivity index (χ0v) is 11.2. The van der Waals surface area contributed by atoms with Crippen LogP contribution in [0.5, 0.6) is 0 Å². The Morgan fingerprint density at radius 1 is 1.50 bits per heavy atom. The molecule has 0 aromatic carbocycles. The summed E-state index contributed by atoms with van der Waals surface area (Å²) in [4.78, 5) is 0. The summed E-state index contributed by atoms with van der Waals surface area (Å²) >= 11 is 6.94. The summed E-state index contributed by atoms with van der Waals surface area (Å²) in [5.74, 6) is 0.598. The highest BCUT2D eigenvalue weighted by molar-refractivity contribution is 7.91. The number of sulfonamides is 1. The summed E-state index contributed by atoms with van der Waals surface area (Å²) in [5.41, 5.74) is 0.131. The van der Waals surface area contributed by atoms with Crippen molar-refractivity contribution >= 4 is 33.0 Å². The Morgan fingerprint density at radius 3 is 2.75 bits per heavy atom. The lowest BCUT2D eigenvalue weighted by molar-refractivity contribution is 0.478. The van der Waals surface area contributed by atoms with Gasteiger partial charge in [0, 0.05) is 12.4 Å². The molecular weight excluding hydrogens is 266 g/mol. The lowest BCUT2D eigenvalue weighted by atomic mass is 10.1. The van der Waals surface area contributed by atoms with Gasteiger partial charge in [-0.05, 0) is 36.1 Å². The van der Waals surface area contributed by atoms with Gasteiger partial charge in [0.05, 0.1) is 0 Å². The molecule has 1 aliphatic rings. The molecule has 0 saturated heterocycles. The molecule has 0 aliphatic heterocycles. The summed E-state index contributed by atoms with van der Waals surface area (Å²) in [7, 11) is -3.30. The van der Waals surface area contributed by atoms with E-state index in [0.29, 0.717) is 16.6 Å². The van der Waals surface area contributed by atoms with E-state index in [1.807, 2.05) is 0 Å². The van der Waals surface area contributed by atoms with Gasteiger partial charge < -0.3 is 0 Å². The van der Waals surface area contributed by atoms with Gasteiger partial charge in [0.2, 0.25) is 10.0 Å². The topological polar surface area (TPSA) is 46.2 Å². The second-order valence-electron chi connectivity index (χ2n) is 4.20. The monoisotopic (exact) mass is 279 g/mol. The van der Waals surface area contributed by atoms with Crippen LogP contribution in [0.25, 0.3) is 0 Å². The lowest BCUT2D eigenvalue weighted by Gasteiger charge is -2.13. The molecule has 1 aromatic heterocycles. The third kappa shape index (κ3) is 2.77. The van der Waals surface area contributed by atoms with E-state index in [1.165, 1.54) is 11.3 Å². The van der Waals surface area contributed by atoms with Gasteiger partial charge in [0.25, 0.3) is 0 Å². The smallest absolute Gasteiger partial charge is 0.210 e. The van der Waals surface area contributed by atoms with E-state index in [2.05, 4.69) is 4.72 Å². The minimum Gasteiger partial charge on any atom is -0.210 e. The Labute approximate surface area is 105 Å². The molecule has 1 saturated carbocycles. The van der Waals surface area contributed by atoms with Gasteiger partial charge in [-0.2, -0.15) is 0 Å². The van der Waals surface area contributed by atoms with Crippen LogP contribution in [0.4, 0.5) is 0 Å². The van der Waals surface area contributed by atoms with Gasteiger partial charge in [0.15, 0.2) is 0 Å². The molecule has 1 fully saturated rings. The average Bonchev–Trinajstić information content (AvgIpc) is 2.81. The Morgan fingerprint density at radius 2 is 2.25 bits per heavy atom. The summed E-state index contributed by atoms with van der Waals surface area (Å²) in [6, 6.07) is 3.36.